The minimum absolute atomic E-state index is 0.0282. The van der Waals surface area contributed by atoms with Crippen LogP contribution in [0.25, 0.3) is 0 Å². The molecule has 2 aromatic carbocycles. The number of hydrogen-bond donors (Lipinski definition) is 2. The largest absolute Gasteiger partial charge is 0.383 e. The first-order valence-corrected chi connectivity index (χ1v) is 9.35. The van der Waals surface area contributed by atoms with E-state index in [2.05, 4.69) is 26.0 Å². The van der Waals surface area contributed by atoms with E-state index in [-0.39, 0.29) is 29.5 Å². The lowest BCUT2D eigenvalue weighted by atomic mass is 10.2. The number of nitrogens with one attached hydrogen (secondary N) is 2. The average Bonchev–Trinajstić information content (AvgIpc) is 2.55. The summed E-state index contributed by atoms with van der Waals surface area (Å²) >= 11 is 3.33. The fourth-order valence-electron chi connectivity index (χ4n) is 1.94. The Labute approximate surface area is 149 Å². The maximum absolute atomic E-state index is 12.3. The zero-order valence-electron chi connectivity index (χ0n) is 13.0. The molecule has 0 bridgehead atoms. The second-order valence-corrected chi connectivity index (χ2v) is 7.57. The standard InChI is InChI=1S/C16H17BrN2O4S/c1-23-9-8-18-24(21,22)15-7-2-4-12(10-15)16(20)19-14-6-3-5-13(17)11-14/h2-7,10-11,18H,8-9H2,1H3,(H,19,20). The summed E-state index contributed by atoms with van der Waals surface area (Å²) in [7, 11) is -2.20. The van der Waals surface area contributed by atoms with Crippen LogP contribution >= 0.6 is 15.9 Å². The monoisotopic (exact) mass is 412 g/mol. The molecule has 0 saturated carbocycles. The van der Waals surface area contributed by atoms with Crippen molar-refractivity contribution in [2.75, 3.05) is 25.6 Å². The minimum Gasteiger partial charge on any atom is -0.383 e. The third kappa shape index (κ3) is 5.13. The Bertz CT molecular complexity index is 824. The van der Waals surface area contributed by atoms with E-state index in [1.807, 2.05) is 6.07 Å². The number of sulfonamides is 1. The van der Waals surface area contributed by atoms with Gasteiger partial charge >= 0.3 is 0 Å². The van der Waals surface area contributed by atoms with E-state index in [0.717, 1.165) is 4.47 Å². The maximum atomic E-state index is 12.3. The first-order chi connectivity index (χ1) is 11.4. The molecule has 0 atom stereocenters. The Morgan fingerprint density at radius 1 is 1.17 bits per heavy atom. The summed E-state index contributed by atoms with van der Waals surface area (Å²) in [6, 6.07) is 13.0. The summed E-state index contributed by atoms with van der Waals surface area (Å²) in [5, 5.41) is 2.73. The van der Waals surface area contributed by atoms with Crippen LogP contribution in [0, 0.1) is 0 Å². The number of benzene rings is 2. The lowest BCUT2D eigenvalue weighted by molar-refractivity contribution is 0.102. The molecule has 0 spiro atoms. The molecule has 2 rings (SSSR count). The third-order valence-corrected chi connectivity index (χ3v) is 5.04. The van der Waals surface area contributed by atoms with Gasteiger partial charge in [-0.1, -0.05) is 28.1 Å². The molecule has 0 fully saturated rings. The molecular formula is C16H17BrN2O4S. The fourth-order valence-corrected chi connectivity index (χ4v) is 3.39. The minimum atomic E-state index is -3.69. The Kier molecular flexibility index (Phi) is 6.50. The number of halogens is 1. The molecule has 0 aliphatic rings. The van der Waals surface area contributed by atoms with Gasteiger partial charge in [0.1, 0.15) is 0 Å². The van der Waals surface area contributed by atoms with E-state index in [0.29, 0.717) is 5.69 Å². The van der Waals surface area contributed by atoms with Crippen LogP contribution in [0.3, 0.4) is 0 Å². The van der Waals surface area contributed by atoms with Crippen LogP contribution in [0.15, 0.2) is 57.9 Å². The molecule has 0 aromatic heterocycles. The van der Waals surface area contributed by atoms with Gasteiger partial charge in [0.25, 0.3) is 5.91 Å². The fraction of sp³-hybridized carbons (Fsp3) is 0.188. The van der Waals surface area contributed by atoms with Gasteiger partial charge in [-0.2, -0.15) is 0 Å². The molecule has 0 heterocycles. The molecule has 0 aliphatic carbocycles. The van der Waals surface area contributed by atoms with Crippen molar-refractivity contribution in [3.63, 3.8) is 0 Å². The van der Waals surface area contributed by atoms with Crippen LogP contribution in [0.5, 0.6) is 0 Å². The van der Waals surface area contributed by atoms with Gasteiger partial charge in [-0.15, -0.1) is 0 Å². The Balaban J connectivity index is 2.16. The zero-order chi connectivity index (χ0) is 17.6. The molecule has 24 heavy (non-hydrogen) atoms. The second kappa shape index (κ2) is 8.39. The van der Waals surface area contributed by atoms with Gasteiger partial charge in [0, 0.05) is 29.4 Å². The van der Waals surface area contributed by atoms with Gasteiger partial charge in [-0.05, 0) is 36.4 Å². The number of ether oxygens (including phenoxy) is 1. The molecule has 0 aliphatic heterocycles. The van der Waals surface area contributed by atoms with Crippen molar-refractivity contribution in [1.29, 1.82) is 0 Å². The topological polar surface area (TPSA) is 84.5 Å². The highest BCUT2D eigenvalue weighted by molar-refractivity contribution is 9.10. The Morgan fingerprint density at radius 2 is 1.92 bits per heavy atom. The predicted octanol–water partition coefficient (Wildman–Crippen LogP) is 2.63. The summed E-state index contributed by atoms with van der Waals surface area (Å²) < 4.78 is 32.4. The summed E-state index contributed by atoms with van der Waals surface area (Å²) in [5.74, 6) is -0.387. The number of hydrogen-bond acceptors (Lipinski definition) is 4. The zero-order valence-corrected chi connectivity index (χ0v) is 15.4. The maximum Gasteiger partial charge on any atom is 0.255 e. The highest BCUT2D eigenvalue weighted by Crippen LogP contribution is 2.17. The number of amides is 1. The summed E-state index contributed by atoms with van der Waals surface area (Å²) in [5.41, 5.74) is 0.866. The molecule has 1 amide bonds. The van der Waals surface area contributed by atoms with Crippen LogP contribution in [-0.2, 0) is 14.8 Å². The quantitative estimate of drug-likeness (QED) is 0.684. The van der Waals surface area contributed by atoms with Crippen LogP contribution in [0.1, 0.15) is 10.4 Å². The van der Waals surface area contributed by atoms with E-state index in [1.165, 1.54) is 25.3 Å². The van der Waals surface area contributed by atoms with Gasteiger partial charge < -0.3 is 10.1 Å². The van der Waals surface area contributed by atoms with Crippen molar-refractivity contribution < 1.29 is 17.9 Å². The predicted molar refractivity (Wildman–Crippen MR) is 95.6 cm³/mol. The van der Waals surface area contributed by atoms with Crippen LogP contribution < -0.4 is 10.0 Å². The van der Waals surface area contributed by atoms with Crippen molar-refractivity contribution >= 4 is 37.5 Å². The van der Waals surface area contributed by atoms with Crippen molar-refractivity contribution in [3.05, 3.63) is 58.6 Å². The molecule has 6 nitrogen and oxygen atoms in total. The van der Waals surface area contributed by atoms with Crippen LogP contribution in [0.2, 0.25) is 0 Å². The van der Waals surface area contributed by atoms with Crippen LogP contribution in [0.4, 0.5) is 5.69 Å². The smallest absolute Gasteiger partial charge is 0.255 e. The van der Waals surface area contributed by atoms with Crippen molar-refractivity contribution in [2.24, 2.45) is 0 Å². The van der Waals surface area contributed by atoms with Crippen molar-refractivity contribution in [1.82, 2.24) is 4.72 Å². The third-order valence-electron chi connectivity index (χ3n) is 3.09. The normalized spacial score (nSPS) is 11.2. The summed E-state index contributed by atoms with van der Waals surface area (Å²) in [6.45, 7) is 0.426. The number of carbonyl (C=O) groups excluding carboxylic acids is 1. The van der Waals surface area contributed by atoms with Gasteiger partial charge in [0.05, 0.1) is 11.5 Å². The van der Waals surface area contributed by atoms with Gasteiger partial charge in [-0.25, -0.2) is 13.1 Å². The van der Waals surface area contributed by atoms with E-state index < -0.39 is 10.0 Å². The number of methoxy groups -OCH3 is 1. The summed E-state index contributed by atoms with van der Waals surface area (Å²) in [4.78, 5) is 12.3. The van der Waals surface area contributed by atoms with E-state index in [9.17, 15) is 13.2 Å². The second-order valence-electron chi connectivity index (χ2n) is 4.88. The highest BCUT2D eigenvalue weighted by Gasteiger charge is 2.16. The molecule has 2 N–H and O–H groups in total. The van der Waals surface area contributed by atoms with Crippen molar-refractivity contribution in [3.8, 4) is 0 Å². The molecule has 2 aromatic rings. The van der Waals surface area contributed by atoms with Crippen LogP contribution in [-0.4, -0.2) is 34.6 Å². The Hall–Kier alpha value is -1.74. The van der Waals surface area contributed by atoms with Gasteiger partial charge in [-0.3, -0.25) is 4.79 Å². The molecule has 8 heteroatoms. The lowest BCUT2D eigenvalue weighted by Crippen LogP contribution is -2.27. The number of rotatable bonds is 7. The van der Waals surface area contributed by atoms with Gasteiger partial charge in [0.2, 0.25) is 10.0 Å². The molecule has 0 saturated heterocycles. The van der Waals surface area contributed by atoms with Gasteiger partial charge in [0.15, 0.2) is 0 Å². The number of anilines is 1. The Morgan fingerprint density at radius 3 is 2.62 bits per heavy atom. The molecule has 0 unspecified atom stereocenters. The molecule has 128 valence electrons. The molecular weight excluding hydrogens is 396 g/mol. The van der Waals surface area contributed by atoms with E-state index >= 15 is 0 Å². The summed E-state index contributed by atoms with van der Waals surface area (Å²) in [6.07, 6.45) is 0. The highest BCUT2D eigenvalue weighted by atomic mass is 79.9. The SMILES string of the molecule is COCCNS(=O)(=O)c1cccc(C(=O)Nc2cccc(Br)c2)c1. The van der Waals surface area contributed by atoms with Crippen molar-refractivity contribution in [2.45, 2.75) is 4.90 Å². The first-order valence-electron chi connectivity index (χ1n) is 7.08. The van der Waals surface area contributed by atoms with E-state index in [4.69, 9.17) is 4.74 Å². The molecule has 0 radical (unpaired) electrons. The van der Waals surface area contributed by atoms with E-state index in [1.54, 1.807) is 24.3 Å². The first kappa shape index (κ1) is 18.6. The number of carbonyl (C=O) groups is 1. The lowest BCUT2D eigenvalue weighted by Gasteiger charge is -2.09. The average molecular weight is 413 g/mol.